The minimum absolute atomic E-state index is 0.276. The Morgan fingerprint density at radius 1 is 1.09 bits per heavy atom. The van der Waals surface area contributed by atoms with Gasteiger partial charge in [0.2, 0.25) is 0 Å². The van der Waals surface area contributed by atoms with Crippen LogP contribution in [0, 0.1) is 5.82 Å². The van der Waals surface area contributed by atoms with E-state index < -0.39 is 11.9 Å². The van der Waals surface area contributed by atoms with Crippen LogP contribution in [0.4, 0.5) is 24.7 Å². The van der Waals surface area contributed by atoms with Crippen molar-refractivity contribution >= 4 is 34.4 Å². The summed E-state index contributed by atoms with van der Waals surface area (Å²) in [6, 6.07) is 11.5. The van der Waals surface area contributed by atoms with Gasteiger partial charge in [-0.05, 0) is 69.5 Å². The third kappa shape index (κ3) is 5.66. The molecule has 0 bridgehead atoms. The normalized spacial score (nSPS) is 18.4. The molecule has 1 aliphatic carbocycles. The molecule has 1 saturated heterocycles. The maximum absolute atomic E-state index is 13.5. The number of aromatic nitrogens is 5. The van der Waals surface area contributed by atoms with Crippen LogP contribution in [-0.4, -0.2) is 54.3 Å². The summed E-state index contributed by atoms with van der Waals surface area (Å²) in [5, 5.41) is 10.3. The molecule has 5 aromatic rings. The van der Waals surface area contributed by atoms with Gasteiger partial charge < -0.3 is 20.1 Å². The number of alkyl halides is 2. The fourth-order valence-corrected chi connectivity index (χ4v) is 6.99. The number of likely N-dealkylation sites (tertiary alicyclic amines) is 1. The smallest absolute Gasteiger partial charge is 0.302 e. The third-order valence-corrected chi connectivity index (χ3v) is 9.90. The predicted octanol–water partition coefficient (Wildman–Crippen LogP) is 7.44. The summed E-state index contributed by atoms with van der Waals surface area (Å²) in [4.78, 5) is 7.05. The number of hydrogen-bond acceptors (Lipinski definition) is 8. The second-order valence-electron chi connectivity index (χ2n) is 12.3. The Morgan fingerprint density at radius 2 is 1.87 bits per heavy atom. The average molecular weight is 649 g/mol. The van der Waals surface area contributed by atoms with Gasteiger partial charge in [0.15, 0.2) is 0 Å². The summed E-state index contributed by atoms with van der Waals surface area (Å²) in [5.41, 5.74) is 11.8. The molecule has 2 atom stereocenters. The van der Waals surface area contributed by atoms with Crippen LogP contribution in [0.2, 0.25) is 0 Å². The number of rotatable bonds is 9. The standard InChI is InChI=1S/C33H35F3N8OS/c1-19(20-4-7-23(34)8-5-20)45-27-14-21(6-9-26(27)41-46-32(35)36)29-28-30(43(3)40-29)25(17-38-31(28)37)22-16-39-44(18-22)24-10-13-42(2)33(15-24)11-12-33/h4-9,14,16-19,24,32,41H,10-13,15H2,1-3H3,(H2,37,38). The molecule has 0 amide bonds. The molecule has 13 heteroatoms. The number of nitrogens with zero attached hydrogens (tertiary/aromatic N) is 6. The highest BCUT2D eigenvalue weighted by molar-refractivity contribution is 8.00. The number of nitrogens with two attached hydrogens (primary N) is 1. The summed E-state index contributed by atoms with van der Waals surface area (Å²) < 4.78 is 52.6. The fraction of sp³-hybridized carbons (Fsp3) is 0.364. The number of nitrogen functional groups attached to an aromatic ring is 1. The lowest BCUT2D eigenvalue weighted by atomic mass is 9.96. The van der Waals surface area contributed by atoms with E-state index in [9.17, 15) is 13.2 Å². The van der Waals surface area contributed by atoms with Gasteiger partial charge in [0, 0.05) is 60.2 Å². The first kappa shape index (κ1) is 30.4. The minimum Gasteiger partial charge on any atom is -0.484 e. The molecule has 1 aliphatic heterocycles. The van der Waals surface area contributed by atoms with Crippen LogP contribution < -0.4 is 15.2 Å². The zero-order valence-corrected chi connectivity index (χ0v) is 26.6. The minimum atomic E-state index is -2.63. The third-order valence-electron chi connectivity index (χ3n) is 9.38. The Morgan fingerprint density at radius 3 is 2.61 bits per heavy atom. The van der Waals surface area contributed by atoms with Crippen molar-refractivity contribution < 1.29 is 17.9 Å². The second-order valence-corrected chi connectivity index (χ2v) is 13.1. The summed E-state index contributed by atoms with van der Waals surface area (Å²) in [5.74, 6) is -2.35. The molecule has 240 valence electrons. The molecule has 46 heavy (non-hydrogen) atoms. The van der Waals surface area contributed by atoms with Crippen molar-refractivity contribution in [2.24, 2.45) is 7.05 Å². The fourth-order valence-electron chi connectivity index (χ4n) is 6.61. The van der Waals surface area contributed by atoms with E-state index in [-0.39, 0.29) is 17.8 Å². The summed E-state index contributed by atoms with van der Waals surface area (Å²) >= 11 is 0.276. The van der Waals surface area contributed by atoms with Gasteiger partial charge in [-0.25, -0.2) is 9.37 Å². The van der Waals surface area contributed by atoms with Crippen molar-refractivity contribution in [2.45, 2.75) is 56.0 Å². The number of nitrogens with one attached hydrogen (secondary N) is 1. The number of halogens is 3. The highest BCUT2D eigenvalue weighted by Gasteiger charge is 2.50. The van der Waals surface area contributed by atoms with Gasteiger partial charge >= 0.3 is 5.76 Å². The number of benzene rings is 2. The molecule has 3 aromatic heterocycles. The highest BCUT2D eigenvalue weighted by atomic mass is 32.2. The first-order chi connectivity index (χ1) is 22.1. The average Bonchev–Trinajstić information content (AvgIpc) is 3.47. The maximum Gasteiger partial charge on any atom is 0.302 e. The quantitative estimate of drug-likeness (QED) is 0.159. The monoisotopic (exact) mass is 648 g/mol. The Hall–Kier alpha value is -4.23. The van der Waals surface area contributed by atoms with Crippen molar-refractivity contribution in [3.8, 4) is 28.1 Å². The van der Waals surface area contributed by atoms with Gasteiger partial charge in [-0.3, -0.25) is 9.36 Å². The molecule has 1 spiro atoms. The Kier molecular flexibility index (Phi) is 7.84. The first-order valence-electron chi connectivity index (χ1n) is 15.3. The molecule has 0 radical (unpaired) electrons. The predicted molar refractivity (Wildman–Crippen MR) is 175 cm³/mol. The van der Waals surface area contributed by atoms with Gasteiger partial charge in [-0.2, -0.15) is 19.0 Å². The largest absolute Gasteiger partial charge is 0.484 e. The van der Waals surface area contributed by atoms with E-state index in [0.29, 0.717) is 45.5 Å². The molecule has 2 aliphatic rings. The molecule has 7 rings (SSSR count). The molecule has 2 aromatic carbocycles. The van der Waals surface area contributed by atoms with Crippen molar-refractivity contribution in [3.63, 3.8) is 0 Å². The van der Waals surface area contributed by atoms with E-state index in [2.05, 4.69) is 32.5 Å². The molecule has 1 saturated carbocycles. The number of piperidine rings is 1. The van der Waals surface area contributed by atoms with Gasteiger partial charge in [0.25, 0.3) is 0 Å². The lowest BCUT2D eigenvalue weighted by molar-refractivity contribution is 0.121. The van der Waals surface area contributed by atoms with E-state index in [4.69, 9.17) is 20.7 Å². The van der Waals surface area contributed by atoms with Crippen LogP contribution in [-0.2, 0) is 7.05 Å². The number of pyridine rings is 1. The zero-order valence-electron chi connectivity index (χ0n) is 25.8. The number of ether oxygens (including phenoxy) is 1. The topological polar surface area (TPSA) is 99.0 Å². The van der Waals surface area contributed by atoms with Crippen LogP contribution in [0.25, 0.3) is 33.3 Å². The summed E-state index contributed by atoms with van der Waals surface area (Å²) in [6.45, 7) is 2.87. The number of hydrogen-bond donors (Lipinski definition) is 2. The van der Waals surface area contributed by atoms with E-state index in [0.717, 1.165) is 41.6 Å². The van der Waals surface area contributed by atoms with Crippen LogP contribution in [0.3, 0.4) is 0 Å². The van der Waals surface area contributed by atoms with Gasteiger partial charge in [0.05, 0.1) is 28.8 Å². The van der Waals surface area contributed by atoms with E-state index in [1.165, 1.54) is 25.0 Å². The van der Waals surface area contributed by atoms with Gasteiger partial charge in [0.1, 0.15) is 29.2 Å². The highest BCUT2D eigenvalue weighted by Crippen LogP contribution is 2.50. The summed E-state index contributed by atoms with van der Waals surface area (Å²) in [7, 11) is 4.08. The second kappa shape index (κ2) is 11.8. The van der Waals surface area contributed by atoms with Crippen molar-refractivity contribution in [1.29, 1.82) is 0 Å². The Labute approximate surface area is 269 Å². The van der Waals surface area contributed by atoms with E-state index in [1.54, 1.807) is 41.2 Å². The summed E-state index contributed by atoms with van der Waals surface area (Å²) in [6.07, 6.45) is 9.87. The number of anilines is 2. The number of aryl methyl sites for hydroxylation is 1. The molecule has 9 nitrogen and oxygen atoms in total. The lowest BCUT2D eigenvalue weighted by Crippen LogP contribution is -2.42. The SMILES string of the molecule is CC(Oc1cc(-c2nn(C)c3c(-c4cnn(C5CCN(C)C6(CC6)C5)c4)cnc(N)c23)ccc1NSC(F)F)c1ccc(F)cc1. The van der Waals surface area contributed by atoms with Crippen molar-refractivity contribution in [2.75, 3.05) is 24.0 Å². The van der Waals surface area contributed by atoms with E-state index >= 15 is 0 Å². The molecule has 2 unspecified atom stereocenters. The van der Waals surface area contributed by atoms with Gasteiger partial charge in [-0.15, -0.1) is 0 Å². The lowest BCUT2D eigenvalue weighted by Gasteiger charge is -2.37. The van der Waals surface area contributed by atoms with Gasteiger partial charge in [-0.1, -0.05) is 18.2 Å². The number of fused-ring (bicyclic) bond motifs is 1. The Bertz CT molecular complexity index is 1890. The zero-order chi connectivity index (χ0) is 32.2. The molecule has 3 N–H and O–H groups in total. The van der Waals surface area contributed by atoms with Crippen LogP contribution in [0.1, 0.15) is 50.3 Å². The molecular weight excluding hydrogens is 613 g/mol. The van der Waals surface area contributed by atoms with Crippen LogP contribution in [0.15, 0.2) is 61.1 Å². The van der Waals surface area contributed by atoms with Crippen LogP contribution >= 0.6 is 11.9 Å². The maximum atomic E-state index is 13.5. The van der Waals surface area contributed by atoms with Crippen molar-refractivity contribution in [3.05, 3.63) is 72.4 Å². The van der Waals surface area contributed by atoms with E-state index in [1.807, 2.05) is 20.2 Å². The molecule has 2 fully saturated rings. The molecule has 4 heterocycles. The van der Waals surface area contributed by atoms with Crippen LogP contribution in [0.5, 0.6) is 5.75 Å². The Balaban J connectivity index is 1.24. The molecular formula is C33H35F3N8OS. The van der Waals surface area contributed by atoms with Crippen molar-refractivity contribution in [1.82, 2.24) is 29.4 Å². The first-order valence-corrected chi connectivity index (χ1v) is 16.1.